The van der Waals surface area contributed by atoms with Gasteiger partial charge >= 0.3 is 0 Å². The molecule has 0 atom stereocenters. The van der Waals surface area contributed by atoms with Gasteiger partial charge in [0.05, 0.1) is 10.9 Å². The van der Waals surface area contributed by atoms with Crippen LogP contribution in [0.25, 0.3) is 104 Å². The lowest BCUT2D eigenvalue weighted by Crippen LogP contribution is -2.37. The van der Waals surface area contributed by atoms with E-state index in [0.29, 0.717) is 0 Å². The number of hydrogen-bond donors (Lipinski definition) is 1. The van der Waals surface area contributed by atoms with Crippen molar-refractivity contribution < 1.29 is 13.3 Å². The average Bonchev–Trinajstić information content (AvgIpc) is 4.06. The van der Waals surface area contributed by atoms with Gasteiger partial charge in [-0.05, 0) is 130 Å². The van der Waals surface area contributed by atoms with E-state index in [0.717, 1.165) is 140 Å². The minimum atomic E-state index is 0.0460. The van der Waals surface area contributed by atoms with Crippen LogP contribution in [0.2, 0.25) is 0 Å². The number of aromatic nitrogens is 1. The Balaban J connectivity index is 1.07. The van der Waals surface area contributed by atoms with Gasteiger partial charge in [-0.15, -0.1) is 0 Å². The van der Waals surface area contributed by atoms with Crippen molar-refractivity contribution in [1.29, 1.82) is 0 Å². The first-order chi connectivity index (χ1) is 31.8. The van der Waals surface area contributed by atoms with Crippen LogP contribution >= 0.6 is 0 Å². The van der Waals surface area contributed by atoms with Gasteiger partial charge in [-0.25, -0.2) is 0 Å². The van der Waals surface area contributed by atoms with Gasteiger partial charge in [-0.1, -0.05) is 115 Å². The van der Waals surface area contributed by atoms with E-state index in [1.165, 1.54) is 16.7 Å². The fourth-order valence-electron chi connectivity index (χ4n) is 11.7. The Morgan fingerprint density at radius 2 is 1.17 bits per heavy atom. The third-order valence-electron chi connectivity index (χ3n) is 15.4. The van der Waals surface area contributed by atoms with Crippen molar-refractivity contribution in [1.82, 2.24) is 4.57 Å². The molecule has 1 radical (unpaired) electrons. The van der Waals surface area contributed by atoms with Crippen LogP contribution in [0.3, 0.4) is 0 Å². The molecule has 0 fully saturated rings. The third-order valence-corrected chi connectivity index (χ3v) is 15.4. The lowest BCUT2D eigenvalue weighted by Gasteiger charge is -2.41. The molecule has 8 aromatic carbocycles. The van der Waals surface area contributed by atoms with Crippen molar-refractivity contribution in [2.24, 2.45) is 0 Å². The molecule has 0 bridgehead atoms. The summed E-state index contributed by atoms with van der Waals surface area (Å²) in [6, 6.07) is 48.7. The number of furan rings is 3. The van der Waals surface area contributed by atoms with Crippen molar-refractivity contribution >= 4 is 117 Å². The summed E-state index contributed by atoms with van der Waals surface area (Å²) in [6.45, 7) is 16.4. The first kappa shape index (κ1) is 38.1. The smallest absolute Gasteiger partial charge is 0.198 e. The Labute approximate surface area is 383 Å². The highest BCUT2D eigenvalue weighted by Gasteiger charge is 2.38. The first-order valence-corrected chi connectivity index (χ1v) is 23.4. The maximum Gasteiger partial charge on any atom is 0.198 e. The molecular formula is C60H48BN2O3. The molecule has 0 unspecified atom stereocenters. The second-order valence-corrected chi connectivity index (χ2v) is 21.5. The van der Waals surface area contributed by atoms with Crippen molar-refractivity contribution in [3.63, 3.8) is 0 Å². The first-order valence-electron chi connectivity index (χ1n) is 23.4. The molecule has 0 saturated carbocycles. The molecule has 1 aliphatic carbocycles. The Bertz CT molecular complexity index is 4090. The van der Waals surface area contributed by atoms with E-state index in [1.807, 2.05) is 6.07 Å². The second kappa shape index (κ2) is 12.8. The van der Waals surface area contributed by atoms with Crippen molar-refractivity contribution in [3.8, 4) is 16.8 Å². The second-order valence-electron chi connectivity index (χ2n) is 21.5. The highest BCUT2D eigenvalue weighted by Crippen LogP contribution is 2.50. The quantitative estimate of drug-likeness (QED) is 0.180. The molecule has 66 heavy (non-hydrogen) atoms. The highest BCUT2D eigenvalue weighted by molar-refractivity contribution is 6.74. The van der Waals surface area contributed by atoms with Crippen molar-refractivity contribution in [2.75, 3.05) is 5.32 Å². The summed E-state index contributed by atoms with van der Waals surface area (Å²) < 4.78 is 22.8. The van der Waals surface area contributed by atoms with E-state index in [9.17, 15) is 0 Å². The van der Waals surface area contributed by atoms with Crippen LogP contribution in [-0.4, -0.2) is 11.8 Å². The molecule has 0 saturated heterocycles. The van der Waals surface area contributed by atoms with Gasteiger partial charge < -0.3 is 23.1 Å². The van der Waals surface area contributed by atoms with E-state index < -0.39 is 0 Å². The molecule has 6 heteroatoms. The Kier molecular flexibility index (Phi) is 7.39. The summed E-state index contributed by atoms with van der Waals surface area (Å²) in [5, 5.41) is 13.0. The largest absolute Gasteiger partial charge is 0.456 e. The summed E-state index contributed by atoms with van der Waals surface area (Å²) in [5.41, 5.74) is 19.5. The Hall–Kier alpha value is -7.18. The molecular weight excluding hydrogens is 807 g/mol. The minimum Gasteiger partial charge on any atom is -0.456 e. The zero-order valence-electron chi connectivity index (χ0n) is 38.4. The van der Waals surface area contributed by atoms with Crippen molar-refractivity contribution in [3.05, 3.63) is 150 Å². The summed E-state index contributed by atoms with van der Waals surface area (Å²) in [5.74, 6) is 0. The number of anilines is 2. The van der Waals surface area contributed by atoms with Gasteiger partial charge in [-0.2, -0.15) is 0 Å². The van der Waals surface area contributed by atoms with Crippen LogP contribution in [-0.2, 0) is 16.2 Å². The molecule has 5 heterocycles. The zero-order valence-corrected chi connectivity index (χ0v) is 38.4. The summed E-state index contributed by atoms with van der Waals surface area (Å²) in [6.07, 6.45) is 2.30. The topological polar surface area (TPSA) is 56.4 Å². The molecule has 5 nitrogen and oxygen atoms in total. The Morgan fingerprint density at radius 3 is 1.92 bits per heavy atom. The standard InChI is InChI=1S/C60H48BN2O3/c1-58(2,3)32-16-18-33(19-17-32)62-46-27-41-40-26-43-44(60(6,7)25-24-59(43,4)5)30-52(40)65-51(41)29-39(46)36-20-21-38-54-47(23-22-37-34-12-8-11-15-50(34)66-57(37)54)63-48-28-42-35-13-9-10-14-49(35)64-53(42)31-45(48)61-55(36)56(38)63/h8-23,26-31,62H,24-25H2,1-7H3. The summed E-state index contributed by atoms with van der Waals surface area (Å²) in [4.78, 5) is 0. The predicted molar refractivity (Wildman–Crippen MR) is 277 cm³/mol. The molecule has 0 amide bonds. The molecule has 4 aromatic heterocycles. The molecule has 14 rings (SSSR count). The van der Waals surface area contributed by atoms with Crippen LogP contribution in [0, 0.1) is 0 Å². The Morgan fingerprint density at radius 1 is 0.545 bits per heavy atom. The van der Waals surface area contributed by atoms with Gasteiger partial charge in [0, 0.05) is 65.8 Å². The molecule has 12 aromatic rings. The third kappa shape index (κ3) is 5.24. The van der Waals surface area contributed by atoms with Crippen LogP contribution < -0.4 is 16.2 Å². The van der Waals surface area contributed by atoms with Gasteiger partial charge in [-0.3, -0.25) is 0 Å². The number of hydrogen-bond acceptors (Lipinski definition) is 4. The van der Waals surface area contributed by atoms with E-state index in [2.05, 4.69) is 193 Å². The number of nitrogens with one attached hydrogen (secondary N) is 1. The number of fused-ring (bicyclic) bond motifs is 16. The monoisotopic (exact) mass is 855 g/mol. The number of nitrogens with zero attached hydrogens (tertiary/aromatic N) is 1. The van der Waals surface area contributed by atoms with Crippen LogP contribution in [0.15, 0.2) is 147 Å². The normalized spacial score (nSPS) is 15.4. The van der Waals surface area contributed by atoms with E-state index in [1.54, 1.807) is 0 Å². The van der Waals surface area contributed by atoms with E-state index >= 15 is 0 Å². The molecule has 2 aliphatic rings. The van der Waals surface area contributed by atoms with E-state index in [4.69, 9.17) is 13.3 Å². The van der Waals surface area contributed by atoms with Crippen molar-refractivity contribution in [2.45, 2.75) is 77.6 Å². The molecule has 1 N–H and O–H groups in total. The predicted octanol–water partition coefficient (Wildman–Crippen LogP) is 15.5. The van der Waals surface area contributed by atoms with Crippen LogP contribution in [0.5, 0.6) is 0 Å². The van der Waals surface area contributed by atoms with Crippen LogP contribution in [0.1, 0.15) is 78.0 Å². The van der Waals surface area contributed by atoms with E-state index in [-0.39, 0.29) is 16.2 Å². The van der Waals surface area contributed by atoms with Crippen LogP contribution in [0.4, 0.5) is 11.4 Å². The van der Waals surface area contributed by atoms with Gasteiger partial charge in [0.2, 0.25) is 0 Å². The SMILES string of the molecule is CC(C)(C)c1ccc(Nc2cc3c(cc2-c2ccc4c5c6oc7ccccc7c6ccc5n5c4c2[B]c2cc4oc6ccccc6c4cc2-5)oc2cc4c(cc23)C(C)(C)CCC4(C)C)cc1. The van der Waals surface area contributed by atoms with Gasteiger partial charge in [0.15, 0.2) is 7.28 Å². The maximum absolute atomic E-state index is 6.99. The molecule has 319 valence electrons. The van der Waals surface area contributed by atoms with Gasteiger partial charge in [0.1, 0.15) is 33.5 Å². The summed E-state index contributed by atoms with van der Waals surface area (Å²) >= 11 is 0. The highest BCUT2D eigenvalue weighted by atomic mass is 16.3. The zero-order chi connectivity index (χ0) is 44.6. The summed E-state index contributed by atoms with van der Waals surface area (Å²) in [7, 11) is 2.37. The molecule has 0 spiro atoms. The fraction of sp³-hybridized carbons (Fsp3) is 0.200. The lowest BCUT2D eigenvalue weighted by molar-refractivity contribution is 0.332. The van der Waals surface area contributed by atoms with Gasteiger partial charge in [0.25, 0.3) is 0 Å². The number of rotatable bonds is 3. The maximum atomic E-state index is 6.99. The number of benzene rings is 8. The lowest BCUT2D eigenvalue weighted by atomic mass is 9.59. The minimum absolute atomic E-state index is 0.0460. The number of para-hydroxylation sites is 2. The molecule has 1 aliphatic heterocycles. The average molecular weight is 856 g/mol. The fourth-order valence-corrected chi connectivity index (χ4v) is 11.7.